The van der Waals surface area contributed by atoms with E-state index in [2.05, 4.69) is 5.32 Å². The van der Waals surface area contributed by atoms with Crippen molar-refractivity contribution in [1.29, 1.82) is 0 Å². The van der Waals surface area contributed by atoms with Crippen molar-refractivity contribution < 1.29 is 9.53 Å². The number of nitrogens with one attached hydrogen (secondary N) is 1. The van der Waals surface area contributed by atoms with E-state index in [9.17, 15) is 4.79 Å². The summed E-state index contributed by atoms with van der Waals surface area (Å²) in [5.74, 6) is 0.362. The number of rotatable bonds is 5. The van der Waals surface area contributed by atoms with Gasteiger partial charge in [0.05, 0.1) is 17.7 Å². The van der Waals surface area contributed by atoms with Crippen molar-refractivity contribution >= 4 is 23.1 Å². The van der Waals surface area contributed by atoms with E-state index in [1.54, 1.807) is 19.2 Å². The molecule has 0 unspecified atom stereocenters. The maximum Gasteiger partial charge on any atom is 0.255 e. The number of hydrogen-bond donors (Lipinski definition) is 2. The van der Waals surface area contributed by atoms with Crippen molar-refractivity contribution in [2.45, 2.75) is 20.8 Å². The van der Waals surface area contributed by atoms with E-state index in [-0.39, 0.29) is 5.91 Å². The summed E-state index contributed by atoms with van der Waals surface area (Å²) in [6.45, 7) is 6.10. The molecule has 1 aromatic carbocycles. The van der Waals surface area contributed by atoms with Gasteiger partial charge in [0.1, 0.15) is 5.75 Å². The van der Waals surface area contributed by atoms with Gasteiger partial charge in [-0.2, -0.15) is 0 Å². The lowest BCUT2D eigenvalue weighted by Gasteiger charge is -2.23. The van der Waals surface area contributed by atoms with Gasteiger partial charge in [-0.05, 0) is 19.1 Å². The summed E-state index contributed by atoms with van der Waals surface area (Å²) in [5.41, 5.74) is 6.73. The van der Waals surface area contributed by atoms with Crippen LogP contribution in [0.15, 0.2) is 18.2 Å². The van der Waals surface area contributed by atoms with Crippen LogP contribution in [0, 0.1) is 12.3 Å². The van der Waals surface area contributed by atoms with Crippen LogP contribution in [-0.4, -0.2) is 24.6 Å². The quantitative estimate of drug-likeness (QED) is 0.810. The molecule has 1 aromatic rings. The fourth-order valence-electron chi connectivity index (χ4n) is 1.48. The molecule has 1 amide bonds. The van der Waals surface area contributed by atoms with E-state index in [1.165, 1.54) is 0 Å². The summed E-state index contributed by atoms with van der Waals surface area (Å²) in [6, 6.07) is 5.47. The van der Waals surface area contributed by atoms with Crippen LogP contribution in [0.4, 0.5) is 0 Å². The first-order valence-electron chi connectivity index (χ1n) is 6.00. The minimum Gasteiger partial charge on any atom is -0.496 e. The molecule has 0 aliphatic carbocycles. The standard InChI is InChI=1S/C14H20N2O2S/c1-9-5-6-11(18-4)10(7-9)12(17)16-8-14(2,3)13(15)19/h5-7H,8H2,1-4H3,(H2,15,19)(H,16,17). The molecule has 0 heterocycles. The third-order valence-electron chi connectivity index (χ3n) is 2.96. The number of amides is 1. The minimum absolute atomic E-state index is 0.190. The molecule has 0 spiro atoms. The van der Waals surface area contributed by atoms with Gasteiger partial charge in [-0.25, -0.2) is 0 Å². The van der Waals surface area contributed by atoms with E-state index < -0.39 is 5.41 Å². The number of aryl methyl sites for hydroxylation is 1. The van der Waals surface area contributed by atoms with Crippen molar-refractivity contribution in [3.63, 3.8) is 0 Å². The van der Waals surface area contributed by atoms with Crippen molar-refractivity contribution in [2.24, 2.45) is 11.1 Å². The normalized spacial score (nSPS) is 10.9. The largest absolute Gasteiger partial charge is 0.496 e. The van der Waals surface area contributed by atoms with E-state index in [0.717, 1.165) is 5.56 Å². The maximum absolute atomic E-state index is 12.2. The predicted octanol–water partition coefficient (Wildman–Crippen LogP) is 2.05. The Morgan fingerprint density at radius 3 is 2.63 bits per heavy atom. The Labute approximate surface area is 119 Å². The monoisotopic (exact) mass is 280 g/mol. The summed E-state index contributed by atoms with van der Waals surface area (Å²) in [4.78, 5) is 12.5. The Kier molecular flexibility index (Phi) is 4.89. The second-order valence-corrected chi connectivity index (χ2v) is 5.57. The number of nitrogens with two attached hydrogens (primary N) is 1. The summed E-state index contributed by atoms with van der Waals surface area (Å²) in [7, 11) is 1.54. The second kappa shape index (κ2) is 6.02. The highest BCUT2D eigenvalue weighted by atomic mass is 32.1. The van der Waals surface area contributed by atoms with Crippen LogP contribution in [0.25, 0.3) is 0 Å². The molecule has 0 fully saturated rings. The fraction of sp³-hybridized carbons (Fsp3) is 0.429. The van der Waals surface area contributed by atoms with Crippen molar-refractivity contribution in [2.75, 3.05) is 13.7 Å². The smallest absolute Gasteiger partial charge is 0.255 e. The molecule has 4 nitrogen and oxygen atoms in total. The number of carbonyl (C=O) groups excluding carboxylic acids is 1. The highest BCUT2D eigenvalue weighted by Gasteiger charge is 2.23. The van der Waals surface area contributed by atoms with Gasteiger partial charge in [0.2, 0.25) is 0 Å². The third-order valence-corrected chi connectivity index (χ3v) is 3.51. The zero-order valence-electron chi connectivity index (χ0n) is 11.7. The van der Waals surface area contributed by atoms with Crippen molar-refractivity contribution in [3.8, 4) is 5.75 Å². The van der Waals surface area contributed by atoms with Gasteiger partial charge in [0, 0.05) is 12.0 Å². The molecule has 0 bridgehead atoms. The number of ether oxygens (including phenoxy) is 1. The number of methoxy groups -OCH3 is 1. The Hall–Kier alpha value is -1.62. The highest BCUT2D eigenvalue weighted by Crippen LogP contribution is 2.20. The molecule has 0 aliphatic heterocycles. The zero-order valence-corrected chi connectivity index (χ0v) is 12.6. The van der Waals surface area contributed by atoms with E-state index in [1.807, 2.05) is 26.8 Å². The molecule has 0 aliphatic rings. The van der Waals surface area contributed by atoms with Crippen LogP contribution in [0.3, 0.4) is 0 Å². The van der Waals surface area contributed by atoms with Crippen LogP contribution < -0.4 is 15.8 Å². The lowest BCUT2D eigenvalue weighted by molar-refractivity contribution is 0.0942. The molecule has 0 saturated carbocycles. The second-order valence-electron chi connectivity index (χ2n) is 5.13. The van der Waals surface area contributed by atoms with Gasteiger partial charge < -0.3 is 15.8 Å². The lowest BCUT2D eigenvalue weighted by Crippen LogP contribution is -2.41. The van der Waals surface area contributed by atoms with E-state index in [0.29, 0.717) is 22.8 Å². The zero-order chi connectivity index (χ0) is 14.6. The first-order valence-corrected chi connectivity index (χ1v) is 6.41. The van der Waals surface area contributed by atoms with Crippen LogP contribution in [0.1, 0.15) is 29.8 Å². The van der Waals surface area contributed by atoms with E-state index in [4.69, 9.17) is 22.7 Å². The molecule has 104 valence electrons. The summed E-state index contributed by atoms with van der Waals surface area (Å²) < 4.78 is 5.19. The molecule has 0 saturated heterocycles. The fourth-order valence-corrected chi connectivity index (χ4v) is 1.56. The SMILES string of the molecule is COc1ccc(C)cc1C(=O)NCC(C)(C)C(N)=S. The summed E-state index contributed by atoms with van der Waals surface area (Å²) in [5, 5.41) is 2.84. The Bertz CT molecular complexity index is 498. The Balaban J connectivity index is 2.84. The number of hydrogen-bond acceptors (Lipinski definition) is 3. The molecule has 0 radical (unpaired) electrons. The topological polar surface area (TPSA) is 64.3 Å². The molecule has 0 atom stereocenters. The van der Waals surface area contributed by atoms with Crippen LogP contribution in [0.2, 0.25) is 0 Å². The van der Waals surface area contributed by atoms with Gasteiger partial charge in [0.25, 0.3) is 5.91 Å². The van der Waals surface area contributed by atoms with Crippen molar-refractivity contribution in [3.05, 3.63) is 29.3 Å². The average Bonchev–Trinajstić information content (AvgIpc) is 2.35. The van der Waals surface area contributed by atoms with Crippen LogP contribution in [-0.2, 0) is 0 Å². The van der Waals surface area contributed by atoms with Crippen LogP contribution in [0.5, 0.6) is 5.75 Å². The first-order chi connectivity index (χ1) is 8.77. The predicted molar refractivity (Wildman–Crippen MR) is 80.6 cm³/mol. The molecular weight excluding hydrogens is 260 g/mol. The molecule has 1 rings (SSSR count). The maximum atomic E-state index is 12.2. The van der Waals surface area contributed by atoms with Gasteiger partial charge in [-0.1, -0.05) is 37.7 Å². The molecule has 19 heavy (non-hydrogen) atoms. The number of thiocarbonyl (C=S) groups is 1. The third kappa shape index (κ3) is 3.92. The Morgan fingerprint density at radius 2 is 2.11 bits per heavy atom. The van der Waals surface area contributed by atoms with Crippen LogP contribution >= 0.6 is 12.2 Å². The van der Waals surface area contributed by atoms with Gasteiger partial charge >= 0.3 is 0 Å². The minimum atomic E-state index is -0.415. The van der Waals surface area contributed by atoms with E-state index >= 15 is 0 Å². The first kappa shape index (κ1) is 15.4. The molecule has 0 aromatic heterocycles. The number of carbonyl (C=O) groups is 1. The van der Waals surface area contributed by atoms with Gasteiger partial charge in [-0.3, -0.25) is 4.79 Å². The molecule has 5 heteroatoms. The van der Waals surface area contributed by atoms with Gasteiger partial charge in [-0.15, -0.1) is 0 Å². The van der Waals surface area contributed by atoms with Crippen molar-refractivity contribution in [1.82, 2.24) is 5.32 Å². The number of benzene rings is 1. The highest BCUT2D eigenvalue weighted by molar-refractivity contribution is 7.80. The lowest BCUT2D eigenvalue weighted by atomic mass is 9.93. The average molecular weight is 280 g/mol. The van der Waals surface area contributed by atoms with Gasteiger partial charge in [0.15, 0.2) is 0 Å². The molecule has 3 N–H and O–H groups in total. The summed E-state index contributed by atoms with van der Waals surface area (Å²) in [6.07, 6.45) is 0. The molecular formula is C14H20N2O2S. The summed E-state index contributed by atoms with van der Waals surface area (Å²) >= 11 is 4.97. The Morgan fingerprint density at radius 1 is 1.47 bits per heavy atom.